The number of fused-ring (bicyclic) bond motifs is 1. The van der Waals surface area contributed by atoms with Crippen molar-refractivity contribution in [1.29, 1.82) is 0 Å². The topological polar surface area (TPSA) is 74.7 Å². The molecule has 112 valence electrons. The first kappa shape index (κ1) is 13.2. The highest BCUT2D eigenvalue weighted by Crippen LogP contribution is 2.50. The zero-order chi connectivity index (χ0) is 15.4. The third-order valence-electron chi connectivity index (χ3n) is 5.13. The number of benzene rings is 1. The summed E-state index contributed by atoms with van der Waals surface area (Å²) < 4.78 is 0. The molecule has 22 heavy (non-hydrogen) atoms. The van der Waals surface area contributed by atoms with Gasteiger partial charge in [-0.15, -0.1) is 0 Å². The second kappa shape index (κ2) is 4.53. The fourth-order valence-electron chi connectivity index (χ4n) is 4.08. The summed E-state index contributed by atoms with van der Waals surface area (Å²) in [5, 5.41) is 8.94. The van der Waals surface area contributed by atoms with Gasteiger partial charge in [0.2, 0.25) is 11.8 Å². The minimum Gasteiger partial charge on any atom is -0.478 e. The minimum absolute atomic E-state index is 0.141. The third kappa shape index (κ3) is 1.68. The van der Waals surface area contributed by atoms with Crippen LogP contribution < -0.4 is 4.90 Å². The smallest absolute Gasteiger partial charge is 0.335 e. The molecule has 0 spiro atoms. The normalized spacial score (nSPS) is 32.5. The summed E-state index contributed by atoms with van der Waals surface area (Å²) >= 11 is 0. The molecule has 1 N–H and O–H groups in total. The van der Waals surface area contributed by atoms with E-state index in [4.69, 9.17) is 5.11 Å². The molecule has 4 unspecified atom stereocenters. The lowest BCUT2D eigenvalue weighted by atomic mass is 9.63. The summed E-state index contributed by atoms with van der Waals surface area (Å²) in [5.41, 5.74) is 0.607. The van der Waals surface area contributed by atoms with Crippen molar-refractivity contribution in [2.45, 2.75) is 12.8 Å². The second-order valence-corrected chi connectivity index (χ2v) is 6.21. The Bertz CT molecular complexity index is 674. The number of aromatic carboxylic acids is 1. The highest BCUT2D eigenvalue weighted by Gasteiger charge is 2.56. The summed E-state index contributed by atoms with van der Waals surface area (Å²) in [5.74, 6) is -1.47. The Hall–Kier alpha value is -2.43. The van der Waals surface area contributed by atoms with Crippen LogP contribution in [0, 0.1) is 23.7 Å². The molecule has 5 heteroatoms. The van der Waals surface area contributed by atoms with Crippen LogP contribution in [-0.4, -0.2) is 22.9 Å². The minimum atomic E-state index is -1.03. The van der Waals surface area contributed by atoms with E-state index in [-0.39, 0.29) is 41.0 Å². The summed E-state index contributed by atoms with van der Waals surface area (Å²) in [4.78, 5) is 37.6. The lowest BCUT2D eigenvalue weighted by Gasteiger charge is -2.38. The van der Waals surface area contributed by atoms with Crippen molar-refractivity contribution >= 4 is 23.5 Å². The van der Waals surface area contributed by atoms with Gasteiger partial charge in [0.05, 0.1) is 23.1 Å². The highest BCUT2D eigenvalue weighted by atomic mass is 16.4. The van der Waals surface area contributed by atoms with Crippen LogP contribution in [0.3, 0.4) is 0 Å². The van der Waals surface area contributed by atoms with Crippen LogP contribution >= 0.6 is 0 Å². The van der Waals surface area contributed by atoms with Crippen LogP contribution in [0.4, 0.5) is 5.69 Å². The largest absolute Gasteiger partial charge is 0.478 e. The van der Waals surface area contributed by atoms with E-state index in [1.165, 1.54) is 29.2 Å². The average Bonchev–Trinajstić information content (AvgIpc) is 2.82. The van der Waals surface area contributed by atoms with E-state index in [1.54, 1.807) is 0 Å². The molecule has 5 rings (SSSR count). The predicted molar refractivity (Wildman–Crippen MR) is 78.2 cm³/mol. The maximum absolute atomic E-state index is 12.7. The molecule has 0 radical (unpaired) electrons. The molecule has 3 aliphatic carbocycles. The number of rotatable bonds is 2. The molecule has 1 saturated heterocycles. The molecule has 1 heterocycles. The molecule has 4 atom stereocenters. The van der Waals surface area contributed by atoms with Crippen molar-refractivity contribution in [2.24, 2.45) is 23.7 Å². The summed E-state index contributed by atoms with van der Waals surface area (Å²) in [6, 6.07) is 5.91. The van der Waals surface area contributed by atoms with Crippen molar-refractivity contribution in [2.75, 3.05) is 4.90 Å². The van der Waals surface area contributed by atoms with Crippen LogP contribution in [0.1, 0.15) is 23.2 Å². The summed E-state index contributed by atoms with van der Waals surface area (Å²) in [6.07, 6.45) is 6.09. The Morgan fingerprint density at radius 3 is 1.86 bits per heavy atom. The molecule has 2 bridgehead atoms. The number of carbonyl (C=O) groups excluding carboxylic acids is 2. The Kier molecular flexibility index (Phi) is 2.73. The number of nitrogens with zero attached hydrogens (tertiary/aromatic N) is 1. The number of hydrogen-bond acceptors (Lipinski definition) is 3. The molecule has 2 fully saturated rings. The Morgan fingerprint density at radius 2 is 1.45 bits per heavy atom. The number of allylic oxidation sites excluding steroid dienone is 2. The van der Waals surface area contributed by atoms with Gasteiger partial charge in [-0.05, 0) is 48.9 Å². The van der Waals surface area contributed by atoms with Crippen molar-refractivity contribution in [3.8, 4) is 0 Å². The van der Waals surface area contributed by atoms with E-state index in [9.17, 15) is 14.4 Å². The van der Waals surface area contributed by atoms with E-state index in [0.717, 1.165) is 12.8 Å². The Morgan fingerprint density at radius 1 is 0.955 bits per heavy atom. The fraction of sp³-hybridized carbons (Fsp3) is 0.353. The maximum Gasteiger partial charge on any atom is 0.335 e. The number of imide groups is 1. The molecule has 1 aromatic carbocycles. The van der Waals surface area contributed by atoms with E-state index >= 15 is 0 Å². The Balaban J connectivity index is 1.70. The van der Waals surface area contributed by atoms with Crippen LogP contribution in [0.5, 0.6) is 0 Å². The van der Waals surface area contributed by atoms with E-state index < -0.39 is 5.97 Å². The summed E-state index contributed by atoms with van der Waals surface area (Å²) in [6.45, 7) is 0. The maximum atomic E-state index is 12.7. The van der Waals surface area contributed by atoms with Gasteiger partial charge in [-0.25, -0.2) is 4.79 Å². The molecule has 1 aliphatic heterocycles. The van der Waals surface area contributed by atoms with Gasteiger partial charge >= 0.3 is 5.97 Å². The molecular weight excluding hydrogens is 282 g/mol. The van der Waals surface area contributed by atoms with Gasteiger partial charge in [0.25, 0.3) is 0 Å². The first-order valence-corrected chi connectivity index (χ1v) is 7.47. The first-order valence-electron chi connectivity index (χ1n) is 7.47. The number of amides is 2. The molecule has 5 nitrogen and oxygen atoms in total. The van der Waals surface area contributed by atoms with Gasteiger partial charge in [-0.3, -0.25) is 14.5 Å². The lowest BCUT2D eigenvalue weighted by Crippen LogP contribution is -2.38. The highest BCUT2D eigenvalue weighted by molar-refractivity contribution is 6.22. The van der Waals surface area contributed by atoms with E-state index in [0.29, 0.717) is 5.69 Å². The number of carboxylic acid groups (broad SMARTS) is 1. The zero-order valence-corrected chi connectivity index (χ0v) is 11.8. The van der Waals surface area contributed by atoms with Crippen LogP contribution in [0.2, 0.25) is 0 Å². The van der Waals surface area contributed by atoms with Crippen molar-refractivity contribution in [3.63, 3.8) is 0 Å². The fourth-order valence-corrected chi connectivity index (χ4v) is 4.08. The van der Waals surface area contributed by atoms with Gasteiger partial charge < -0.3 is 5.11 Å². The third-order valence-corrected chi connectivity index (χ3v) is 5.13. The van der Waals surface area contributed by atoms with Gasteiger partial charge in [-0.2, -0.15) is 0 Å². The first-order chi connectivity index (χ1) is 10.6. The standard InChI is InChI=1S/C17H15NO4/c19-15-13-9-1-2-10(4-3-9)14(13)16(20)18(15)12-7-5-11(6-8-12)17(21)22/h1-2,5-10,13-14H,3-4H2,(H,21,22). The number of hydrogen-bond donors (Lipinski definition) is 1. The van der Waals surface area contributed by atoms with Gasteiger partial charge in [0.1, 0.15) is 0 Å². The molecule has 0 aromatic heterocycles. The molecule has 1 saturated carbocycles. The van der Waals surface area contributed by atoms with Crippen LogP contribution in [-0.2, 0) is 9.59 Å². The van der Waals surface area contributed by atoms with Gasteiger partial charge in [0.15, 0.2) is 0 Å². The van der Waals surface area contributed by atoms with Crippen molar-refractivity contribution < 1.29 is 19.5 Å². The van der Waals surface area contributed by atoms with Crippen LogP contribution in [0.15, 0.2) is 36.4 Å². The predicted octanol–water partition coefficient (Wildman–Crippen LogP) is 2.09. The lowest BCUT2D eigenvalue weighted by molar-refractivity contribution is -0.124. The Labute approximate surface area is 127 Å². The van der Waals surface area contributed by atoms with Crippen molar-refractivity contribution in [3.05, 3.63) is 42.0 Å². The van der Waals surface area contributed by atoms with E-state index in [2.05, 4.69) is 12.2 Å². The molecule has 4 aliphatic rings. The van der Waals surface area contributed by atoms with E-state index in [1.807, 2.05) is 0 Å². The molecular formula is C17H15NO4. The zero-order valence-electron chi connectivity index (χ0n) is 11.8. The van der Waals surface area contributed by atoms with Crippen LogP contribution in [0.25, 0.3) is 0 Å². The van der Waals surface area contributed by atoms with Gasteiger partial charge in [-0.1, -0.05) is 12.2 Å². The quantitative estimate of drug-likeness (QED) is 0.670. The second-order valence-electron chi connectivity index (χ2n) is 6.21. The molecule has 1 aromatic rings. The average molecular weight is 297 g/mol. The number of carbonyl (C=O) groups is 3. The number of carboxylic acids is 1. The number of anilines is 1. The monoisotopic (exact) mass is 297 g/mol. The molecule has 2 amide bonds. The van der Waals surface area contributed by atoms with Gasteiger partial charge in [0, 0.05) is 0 Å². The SMILES string of the molecule is O=C(O)c1ccc(N2C(=O)C3C4C=CC(CC4)C3C2=O)cc1. The van der Waals surface area contributed by atoms with Crippen molar-refractivity contribution in [1.82, 2.24) is 0 Å². The summed E-state index contributed by atoms with van der Waals surface area (Å²) in [7, 11) is 0.